The minimum atomic E-state index is -0.139. The first-order chi connectivity index (χ1) is 12.7. The quantitative estimate of drug-likeness (QED) is 0.653. The minimum absolute atomic E-state index is 0.0528. The lowest BCUT2D eigenvalue weighted by atomic mass is 9.92. The highest BCUT2D eigenvalue weighted by atomic mass is 16.5. The molecule has 3 rings (SSSR count). The number of carbonyl (C=O) groups excluding carboxylic acids is 1. The Hall–Kier alpha value is -1.51. The Morgan fingerprint density at radius 1 is 1.23 bits per heavy atom. The molecule has 0 radical (unpaired) electrons. The fraction of sp³-hybridized carbons (Fsp3) is 0.833. The zero-order valence-electron chi connectivity index (χ0n) is 16.0. The van der Waals surface area contributed by atoms with Crippen LogP contribution in [0.25, 0.3) is 0 Å². The first-order valence-corrected chi connectivity index (χ1v) is 9.83. The number of piperidine rings is 2. The van der Waals surface area contributed by atoms with Gasteiger partial charge in [0.25, 0.3) is 5.91 Å². The Bertz CT molecular complexity index is 578. The molecule has 0 aliphatic carbocycles. The van der Waals surface area contributed by atoms with Gasteiger partial charge in [0.2, 0.25) is 0 Å². The molecule has 0 aromatic carbocycles. The van der Waals surface area contributed by atoms with Crippen molar-refractivity contribution in [1.29, 1.82) is 0 Å². The van der Waals surface area contributed by atoms with Gasteiger partial charge in [-0.15, -0.1) is 5.10 Å². The van der Waals surface area contributed by atoms with E-state index in [0.717, 1.165) is 64.1 Å². The molecule has 26 heavy (non-hydrogen) atoms. The van der Waals surface area contributed by atoms with Crippen molar-refractivity contribution in [3.8, 4) is 0 Å². The summed E-state index contributed by atoms with van der Waals surface area (Å²) in [5.41, 5.74) is 1.51. The van der Waals surface area contributed by atoms with Crippen LogP contribution in [0.4, 0.5) is 0 Å². The number of nitrogens with one attached hydrogen (secondary N) is 3. The molecule has 0 spiro atoms. The van der Waals surface area contributed by atoms with E-state index >= 15 is 0 Å². The Labute approximate surface area is 155 Å². The van der Waals surface area contributed by atoms with Gasteiger partial charge in [0, 0.05) is 25.6 Å². The second-order valence-electron chi connectivity index (χ2n) is 7.55. The lowest BCUT2D eigenvalue weighted by Crippen LogP contribution is -2.37. The molecule has 8 nitrogen and oxygen atoms in total. The van der Waals surface area contributed by atoms with E-state index in [-0.39, 0.29) is 11.9 Å². The minimum Gasteiger partial charge on any atom is -0.383 e. The maximum atomic E-state index is 12.8. The van der Waals surface area contributed by atoms with Gasteiger partial charge >= 0.3 is 0 Å². The Morgan fingerprint density at radius 3 is 2.54 bits per heavy atom. The molecule has 2 saturated heterocycles. The van der Waals surface area contributed by atoms with Crippen LogP contribution in [0.2, 0.25) is 0 Å². The third kappa shape index (κ3) is 4.81. The lowest BCUT2D eigenvalue weighted by molar-refractivity contribution is 0.0898. The third-order valence-electron chi connectivity index (χ3n) is 5.40. The van der Waals surface area contributed by atoms with Crippen molar-refractivity contribution in [3.05, 3.63) is 11.4 Å². The number of hydrogen-bond acceptors (Lipinski definition) is 6. The molecule has 8 heteroatoms. The topological polar surface area (TPSA) is 93.1 Å². The van der Waals surface area contributed by atoms with Gasteiger partial charge in [0.1, 0.15) is 0 Å². The number of carbonyl (C=O) groups is 1. The van der Waals surface area contributed by atoms with Crippen molar-refractivity contribution in [3.63, 3.8) is 0 Å². The predicted octanol–water partition coefficient (Wildman–Crippen LogP) is 0.509. The zero-order valence-corrected chi connectivity index (χ0v) is 16.0. The molecular formula is C18H32N6O2. The second-order valence-corrected chi connectivity index (χ2v) is 7.55. The van der Waals surface area contributed by atoms with Crippen molar-refractivity contribution >= 4 is 5.91 Å². The normalized spacial score (nSPS) is 20.8. The van der Waals surface area contributed by atoms with Gasteiger partial charge < -0.3 is 20.7 Å². The van der Waals surface area contributed by atoms with Crippen molar-refractivity contribution in [2.75, 3.05) is 39.9 Å². The average molecular weight is 364 g/mol. The summed E-state index contributed by atoms with van der Waals surface area (Å²) in [5, 5.41) is 18.5. The standard InChI is InChI=1S/C18H32N6O2/c1-13(12-26-2)21-18(25)16-17(15-5-9-20-10-6-15)24(23-22-16)11-14-3-7-19-8-4-14/h13-15,19-20H,3-12H2,1-2H3,(H,21,25). The van der Waals surface area contributed by atoms with E-state index in [2.05, 4.69) is 26.3 Å². The van der Waals surface area contributed by atoms with Crippen molar-refractivity contribution < 1.29 is 9.53 Å². The summed E-state index contributed by atoms with van der Waals surface area (Å²) in [5.74, 6) is 0.799. The highest BCUT2D eigenvalue weighted by molar-refractivity contribution is 5.93. The van der Waals surface area contributed by atoms with Gasteiger partial charge in [-0.3, -0.25) is 4.79 Å². The smallest absolute Gasteiger partial charge is 0.274 e. The average Bonchev–Trinajstić information content (AvgIpc) is 3.07. The maximum absolute atomic E-state index is 12.8. The molecule has 2 fully saturated rings. The van der Waals surface area contributed by atoms with Gasteiger partial charge in [-0.1, -0.05) is 5.21 Å². The SMILES string of the molecule is COCC(C)NC(=O)c1nnn(CC2CCNCC2)c1C1CCNCC1. The largest absolute Gasteiger partial charge is 0.383 e. The molecule has 1 aromatic heterocycles. The molecule has 146 valence electrons. The van der Waals surface area contributed by atoms with Gasteiger partial charge in [-0.2, -0.15) is 0 Å². The molecule has 0 saturated carbocycles. The number of rotatable bonds is 7. The summed E-state index contributed by atoms with van der Waals surface area (Å²) in [6.07, 6.45) is 4.34. The number of amides is 1. The van der Waals surface area contributed by atoms with E-state index in [1.165, 1.54) is 0 Å². The first-order valence-electron chi connectivity index (χ1n) is 9.83. The number of hydrogen-bond donors (Lipinski definition) is 3. The van der Waals surface area contributed by atoms with Crippen LogP contribution < -0.4 is 16.0 Å². The summed E-state index contributed by atoms with van der Waals surface area (Å²) in [7, 11) is 1.64. The van der Waals surface area contributed by atoms with Gasteiger partial charge in [0.15, 0.2) is 5.69 Å². The first kappa shape index (κ1) is 19.3. The second kappa shape index (κ2) is 9.43. The monoisotopic (exact) mass is 364 g/mol. The van der Waals surface area contributed by atoms with Crippen molar-refractivity contribution in [1.82, 2.24) is 30.9 Å². The van der Waals surface area contributed by atoms with Crippen molar-refractivity contribution in [2.45, 2.75) is 51.1 Å². The summed E-state index contributed by atoms with van der Waals surface area (Å²) in [4.78, 5) is 12.8. The molecule has 3 heterocycles. The molecule has 2 aliphatic rings. The van der Waals surface area contributed by atoms with Crippen molar-refractivity contribution in [2.24, 2.45) is 5.92 Å². The van der Waals surface area contributed by atoms with E-state index in [4.69, 9.17) is 4.74 Å². The van der Waals surface area contributed by atoms with E-state index < -0.39 is 0 Å². The number of methoxy groups -OCH3 is 1. The molecule has 1 amide bonds. The molecule has 1 atom stereocenters. The Kier molecular flexibility index (Phi) is 6.99. The van der Waals surface area contributed by atoms with Gasteiger partial charge in [-0.25, -0.2) is 4.68 Å². The number of nitrogens with zero attached hydrogens (tertiary/aromatic N) is 3. The number of aromatic nitrogens is 3. The summed E-state index contributed by atoms with van der Waals surface area (Å²) in [6, 6.07) is -0.0528. The molecule has 1 unspecified atom stereocenters. The van der Waals surface area contributed by atoms with Gasteiger partial charge in [-0.05, 0) is 64.7 Å². The Balaban J connectivity index is 1.79. The van der Waals surface area contributed by atoms with Crippen LogP contribution in [-0.2, 0) is 11.3 Å². The van der Waals surface area contributed by atoms with E-state index in [1.807, 2.05) is 11.6 Å². The van der Waals surface area contributed by atoms with Crippen LogP contribution in [0.1, 0.15) is 54.7 Å². The summed E-state index contributed by atoms with van der Waals surface area (Å²) in [6.45, 7) is 7.35. The van der Waals surface area contributed by atoms with E-state index in [1.54, 1.807) is 7.11 Å². The highest BCUT2D eigenvalue weighted by Crippen LogP contribution is 2.28. The summed E-state index contributed by atoms with van der Waals surface area (Å²) < 4.78 is 7.14. The summed E-state index contributed by atoms with van der Waals surface area (Å²) >= 11 is 0. The molecular weight excluding hydrogens is 332 g/mol. The van der Waals surface area contributed by atoms with Crippen LogP contribution in [-0.4, -0.2) is 66.8 Å². The number of ether oxygens (including phenoxy) is 1. The van der Waals surface area contributed by atoms with Crippen LogP contribution in [0.15, 0.2) is 0 Å². The molecule has 1 aromatic rings. The Morgan fingerprint density at radius 2 is 1.88 bits per heavy atom. The molecule has 0 bridgehead atoms. The third-order valence-corrected chi connectivity index (χ3v) is 5.40. The van der Waals surface area contributed by atoms with Crippen LogP contribution in [0.3, 0.4) is 0 Å². The fourth-order valence-corrected chi connectivity index (χ4v) is 4.01. The van der Waals surface area contributed by atoms with Gasteiger partial charge in [0.05, 0.1) is 12.3 Å². The van der Waals surface area contributed by atoms with Crippen LogP contribution >= 0.6 is 0 Å². The lowest BCUT2D eigenvalue weighted by Gasteiger charge is -2.27. The maximum Gasteiger partial charge on any atom is 0.274 e. The van der Waals surface area contributed by atoms with Crippen LogP contribution in [0.5, 0.6) is 0 Å². The highest BCUT2D eigenvalue weighted by Gasteiger charge is 2.29. The molecule has 3 N–H and O–H groups in total. The molecule has 2 aliphatic heterocycles. The van der Waals surface area contributed by atoms with Crippen LogP contribution in [0, 0.1) is 5.92 Å². The van der Waals surface area contributed by atoms with E-state index in [9.17, 15) is 4.79 Å². The van der Waals surface area contributed by atoms with E-state index in [0.29, 0.717) is 24.1 Å². The fourth-order valence-electron chi connectivity index (χ4n) is 4.01. The predicted molar refractivity (Wildman–Crippen MR) is 99.3 cm³/mol. The zero-order chi connectivity index (χ0) is 18.4.